The first-order valence-electron chi connectivity index (χ1n) is 6.26. The van der Waals surface area contributed by atoms with Crippen LogP contribution in [0.25, 0.3) is 0 Å². The first-order valence-corrected chi connectivity index (χ1v) is 6.64. The van der Waals surface area contributed by atoms with Gasteiger partial charge < -0.3 is 4.74 Å². The Hall–Kier alpha value is -1.88. The summed E-state index contributed by atoms with van der Waals surface area (Å²) in [5.74, 6) is -1.13. The van der Waals surface area contributed by atoms with E-state index in [1.165, 1.54) is 18.2 Å². The van der Waals surface area contributed by atoms with E-state index in [-0.39, 0.29) is 41.3 Å². The van der Waals surface area contributed by atoms with E-state index in [1.54, 1.807) is 13.8 Å². The van der Waals surface area contributed by atoms with E-state index < -0.39 is 5.97 Å². The van der Waals surface area contributed by atoms with Crippen molar-refractivity contribution in [2.45, 2.75) is 32.8 Å². The van der Waals surface area contributed by atoms with E-state index >= 15 is 0 Å². The van der Waals surface area contributed by atoms with Gasteiger partial charge in [-0.3, -0.25) is 14.5 Å². The minimum Gasteiger partial charge on any atom is -0.459 e. The fourth-order valence-corrected chi connectivity index (χ4v) is 2.15. The maximum Gasteiger partial charge on any atom is 0.339 e. The molecule has 0 saturated carbocycles. The minimum absolute atomic E-state index is 0.144. The number of nitrogens with zero attached hydrogens (tertiary/aromatic N) is 1. The summed E-state index contributed by atoms with van der Waals surface area (Å²) in [7, 11) is 0. The zero-order valence-corrected chi connectivity index (χ0v) is 11.9. The third kappa shape index (κ3) is 2.82. The number of hydrogen-bond acceptors (Lipinski definition) is 4. The molecule has 1 aliphatic heterocycles. The summed E-state index contributed by atoms with van der Waals surface area (Å²) in [6, 6.07) is 4.43. The number of anilines is 1. The van der Waals surface area contributed by atoms with E-state index in [4.69, 9.17) is 16.3 Å². The lowest BCUT2D eigenvalue weighted by atomic mass is 10.2. The van der Waals surface area contributed by atoms with Gasteiger partial charge in [-0.25, -0.2) is 4.79 Å². The van der Waals surface area contributed by atoms with Crippen molar-refractivity contribution in [2.75, 3.05) is 4.90 Å². The maximum atomic E-state index is 11.9. The third-order valence-electron chi connectivity index (χ3n) is 2.82. The minimum atomic E-state index is -0.578. The number of carbonyl (C=O) groups is 3. The Balaban J connectivity index is 2.36. The first kappa shape index (κ1) is 14.5. The second-order valence-corrected chi connectivity index (χ2v) is 5.15. The summed E-state index contributed by atoms with van der Waals surface area (Å²) in [5, 5.41) is 0.221. The van der Waals surface area contributed by atoms with Gasteiger partial charge in [0.05, 0.1) is 22.4 Å². The van der Waals surface area contributed by atoms with Crippen molar-refractivity contribution < 1.29 is 19.1 Å². The predicted molar refractivity (Wildman–Crippen MR) is 73.7 cm³/mol. The lowest BCUT2D eigenvalue weighted by Gasteiger charge is -2.16. The molecule has 106 valence electrons. The molecular formula is C14H14ClNO4. The molecule has 0 N–H and O–H groups in total. The summed E-state index contributed by atoms with van der Waals surface area (Å²) in [6.45, 7) is 3.45. The molecule has 1 fully saturated rings. The molecule has 0 aromatic heterocycles. The van der Waals surface area contributed by atoms with Gasteiger partial charge in [-0.1, -0.05) is 11.6 Å². The van der Waals surface area contributed by atoms with E-state index in [0.29, 0.717) is 5.69 Å². The van der Waals surface area contributed by atoms with Crippen LogP contribution in [0.2, 0.25) is 5.02 Å². The molecule has 2 amide bonds. The molecular weight excluding hydrogens is 282 g/mol. The van der Waals surface area contributed by atoms with Gasteiger partial charge >= 0.3 is 5.97 Å². The van der Waals surface area contributed by atoms with Crippen LogP contribution in [-0.2, 0) is 14.3 Å². The average molecular weight is 296 g/mol. The van der Waals surface area contributed by atoms with Crippen molar-refractivity contribution in [1.29, 1.82) is 0 Å². The number of rotatable bonds is 3. The van der Waals surface area contributed by atoms with Crippen LogP contribution in [0.4, 0.5) is 5.69 Å². The Morgan fingerprint density at radius 1 is 1.25 bits per heavy atom. The maximum absolute atomic E-state index is 11.9. The van der Waals surface area contributed by atoms with E-state index in [1.807, 2.05) is 0 Å². The summed E-state index contributed by atoms with van der Waals surface area (Å²) >= 11 is 5.96. The molecule has 0 spiro atoms. The number of carbonyl (C=O) groups excluding carboxylic acids is 3. The van der Waals surface area contributed by atoms with Gasteiger partial charge in [0, 0.05) is 12.8 Å². The van der Waals surface area contributed by atoms with Crippen LogP contribution in [0.15, 0.2) is 18.2 Å². The quantitative estimate of drug-likeness (QED) is 0.635. The topological polar surface area (TPSA) is 63.7 Å². The Kier molecular flexibility index (Phi) is 4.09. The van der Waals surface area contributed by atoms with E-state index in [2.05, 4.69) is 0 Å². The van der Waals surface area contributed by atoms with Crippen molar-refractivity contribution in [3.05, 3.63) is 28.8 Å². The summed E-state index contributed by atoms with van der Waals surface area (Å²) in [5.41, 5.74) is 0.489. The van der Waals surface area contributed by atoms with Gasteiger partial charge in [0.2, 0.25) is 11.8 Å². The number of halogens is 1. The van der Waals surface area contributed by atoms with Crippen molar-refractivity contribution in [2.24, 2.45) is 0 Å². The average Bonchev–Trinajstić information content (AvgIpc) is 2.69. The van der Waals surface area contributed by atoms with Crippen LogP contribution < -0.4 is 4.90 Å². The van der Waals surface area contributed by atoms with Crippen molar-refractivity contribution in [3.8, 4) is 0 Å². The number of benzene rings is 1. The van der Waals surface area contributed by atoms with Crippen LogP contribution in [0.1, 0.15) is 37.0 Å². The lowest BCUT2D eigenvalue weighted by molar-refractivity contribution is -0.121. The van der Waals surface area contributed by atoms with Gasteiger partial charge in [0.1, 0.15) is 0 Å². The normalized spacial score (nSPS) is 15.1. The predicted octanol–water partition coefficient (Wildman–Crippen LogP) is 2.56. The second kappa shape index (κ2) is 5.63. The Morgan fingerprint density at radius 2 is 1.85 bits per heavy atom. The van der Waals surface area contributed by atoms with Gasteiger partial charge in [-0.2, -0.15) is 0 Å². The number of hydrogen-bond donors (Lipinski definition) is 0. The summed E-state index contributed by atoms with van der Waals surface area (Å²) < 4.78 is 5.08. The number of imide groups is 1. The molecule has 5 nitrogen and oxygen atoms in total. The van der Waals surface area contributed by atoms with Gasteiger partial charge in [-0.05, 0) is 32.0 Å². The van der Waals surface area contributed by atoms with Crippen LogP contribution in [0.5, 0.6) is 0 Å². The monoisotopic (exact) mass is 295 g/mol. The summed E-state index contributed by atoms with van der Waals surface area (Å²) in [6.07, 6.45) is 0.0952. The van der Waals surface area contributed by atoms with Crippen molar-refractivity contribution >= 4 is 35.1 Å². The molecule has 0 radical (unpaired) electrons. The molecule has 1 heterocycles. The highest BCUT2D eigenvalue weighted by Crippen LogP contribution is 2.27. The molecule has 1 aliphatic rings. The fraction of sp³-hybridized carbons (Fsp3) is 0.357. The zero-order chi connectivity index (χ0) is 14.9. The molecule has 1 saturated heterocycles. The number of esters is 1. The third-order valence-corrected chi connectivity index (χ3v) is 3.15. The fourth-order valence-electron chi connectivity index (χ4n) is 1.95. The Labute approximate surface area is 121 Å². The van der Waals surface area contributed by atoms with Gasteiger partial charge in [0.15, 0.2) is 0 Å². The molecule has 0 aliphatic carbocycles. The lowest BCUT2D eigenvalue weighted by Crippen LogP contribution is -2.28. The highest BCUT2D eigenvalue weighted by molar-refractivity contribution is 6.34. The van der Waals surface area contributed by atoms with Crippen molar-refractivity contribution in [3.63, 3.8) is 0 Å². The Morgan fingerprint density at radius 3 is 2.40 bits per heavy atom. The molecule has 1 aromatic rings. The van der Waals surface area contributed by atoms with Crippen LogP contribution in [0.3, 0.4) is 0 Å². The molecule has 20 heavy (non-hydrogen) atoms. The van der Waals surface area contributed by atoms with Crippen LogP contribution >= 0.6 is 11.6 Å². The standard InChI is InChI=1S/C14H14ClNO4/c1-8(2)20-14(19)10-7-9(3-4-11(10)15)16-12(17)5-6-13(16)18/h3-4,7-8H,5-6H2,1-2H3. The SMILES string of the molecule is CC(C)OC(=O)c1cc(N2C(=O)CCC2=O)ccc1Cl. The molecule has 1 aromatic carbocycles. The van der Waals surface area contributed by atoms with Crippen LogP contribution in [-0.4, -0.2) is 23.9 Å². The van der Waals surface area contributed by atoms with E-state index in [0.717, 1.165) is 4.90 Å². The number of amides is 2. The van der Waals surface area contributed by atoms with Gasteiger partial charge in [-0.15, -0.1) is 0 Å². The van der Waals surface area contributed by atoms with Crippen LogP contribution in [0, 0.1) is 0 Å². The Bertz CT molecular complexity index is 567. The number of ether oxygens (including phenoxy) is 1. The van der Waals surface area contributed by atoms with E-state index in [9.17, 15) is 14.4 Å². The second-order valence-electron chi connectivity index (χ2n) is 4.74. The smallest absolute Gasteiger partial charge is 0.339 e. The molecule has 0 bridgehead atoms. The highest BCUT2D eigenvalue weighted by atomic mass is 35.5. The molecule has 0 atom stereocenters. The zero-order valence-electron chi connectivity index (χ0n) is 11.2. The molecule has 2 rings (SSSR count). The van der Waals surface area contributed by atoms with Crippen molar-refractivity contribution in [1.82, 2.24) is 0 Å². The molecule has 6 heteroatoms. The summed E-state index contributed by atoms with van der Waals surface area (Å²) in [4.78, 5) is 36.4. The first-order chi connectivity index (χ1) is 9.40. The largest absolute Gasteiger partial charge is 0.459 e. The van der Waals surface area contributed by atoms with Gasteiger partial charge in [0.25, 0.3) is 0 Å². The highest BCUT2D eigenvalue weighted by Gasteiger charge is 2.31. The molecule has 0 unspecified atom stereocenters.